The molecule has 4 N–H and O–H groups in total. The van der Waals surface area contributed by atoms with Crippen LogP contribution in [0.15, 0.2) is 42.5 Å². The highest BCUT2D eigenvalue weighted by Crippen LogP contribution is 2.27. The first-order valence-electron chi connectivity index (χ1n) is 18.3. The topological polar surface area (TPSA) is 184 Å². The molecule has 2 aromatic carbocycles. The predicted molar refractivity (Wildman–Crippen MR) is 200 cm³/mol. The molecule has 306 valence electrons. The first-order chi connectivity index (χ1) is 26.3. The summed E-state index contributed by atoms with van der Waals surface area (Å²) in [5, 5.41) is 11.2. The van der Waals surface area contributed by atoms with E-state index in [0.29, 0.717) is 24.5 Å². The minimum atomic E-state index is -4.63. The second-order valence-electron chi connectivity index (χ2n) is 14.9. The van der Waals surface area contributed by atoms with Crippen LogP contribution in [0.1, 0.15) is 89.6 Å². The average molecular weight is 790 g/mol. The number of esters is 1. The molecule has 2 aliphatic heterocycles. The van der Waals surface area contributed by atoms with Gasteiger partial charge in [-0.15, -0.1) is 0 Å². The van der Waals surface area contributed by atoms with Crippen molar-refractivity contribution in [3.8, 4) is 17.5 Å². The number of fused-ring (bicyclic) bond motifs is 10. The number of carbonyl (C=O) groups excluding carboxylic acids is 3. The van der Waals surface area contributed by atoms with Crippen LogP contribution in [0.2, 0.25) is 0 Å². The summed E-state index contributed by atoms with van der Waals surface area (Å²) in [6, 6.07) is 10.2. The molecule has 56 heavy (non-hydrogen) atoms. The molecule has 0 unspecified atom stereocenters. The van der Waals surface area contributed by atoms with Crippen molar-refractivity contribution in [1.82, 2.24) is 25.6 Å². The Kier molecular flexibility index (Phi) is 14.9. The second-order valence-corrected chi connectivity index (χ2v) is 14.9. The minimum Gasteiger partial charge on any atom is -0.494 e. The molecule has 0 radical (unpaired) electrons. The quantitative estimate of drug-likeness (QED) is 0.174. The summed E-state index contributed by atoms with van der Waals surface area (Å²) >= 11 is 0. The van der Waals surface area contributed by atoms with Crippen LogP contribution < -0.4 is 35.5 Å². The van der Waals surface area contributed by atoms with Gasteiger partial charge in [0.15, 0.2) is 6.61 Å². The number of anilines is 3. The summed E-state index contributed by atoms with van der Waals surface area (Å²) in [6.45, 7) is 9.52. The van der Waals surface area contributed by atoms with Crippen molar-refractivity contribution in [1.29, 1.82) is 0 Å². The summed E-state index contributed by atoms with van der Waals surface area (Å²) in [5.41, 5.74) is -0.296. The van der Waals surface area contributed by atoms with Gasteiger partial charge in [0.2, 0.25) is 11.9 Å². The third-order valence-electron chi connectivity index (χ3n) is 7.50. The first kappa shape index (κ1) is 43.2. The first-order valence-corrected chi connectivity index (χ1v) is 18.3. The van der Waals surface area contributed by atoms with Gasteiger partial charge in [-0.1, -0.05) is 12.1 Å². The molecule has 0 saturated heterocycles. The monoisotopic (exact) mass is 789 g/mol. The summed E-state index contributed by atoms with van der Waals surface area (Å²) < 4.78 is 66.6. The van der Waals surface area contributed by atoms with Crippen molar-refractivity contribution >= 4 is 35.6 Å². The lowest BCUT2D eigenvalue weighted by Gasteiger charge is -2.26. The normalized spacial score (nSPS) is 14.6. The molecule has 3 aromatic rings. The van der Waals surface area contributed by atoms with Gasteiger partial charge in [0.1, 0.15) is 28.7 Å². The van der Waals surface area contributed by atoms with Gasteiger partial charge in [-0.05, 0) is 103 Å². The van der Waals surface area contributed by atoms with Gasteiger partial charge in [0.25, 0.3) is 5.91 Å². The molecule has 6 bridgehead atoms. The van der Waals surface area contributed by atoms with E-state index in [-0.39, 0.29) is 49.3 Å². The lowest BCUT2D eigenvalue weighted by Crippen LogP contribution is -2.47. The Morgan fingerprint density at radius 2 is 1.50 bits per heavy atom. The van der Waals surface area contributed by atoms with Crippen LogP contribution >= 0.6 is 0 Å². The zero-order chi connectivity index (χ0) is 40.9. The van der Waals surface area contributed by atoms with Gasteiger partial charge in [-0.3, -0.25) is 4.79 Å². The number of halogens is 3. The van der Waals surface area contributed by atoms with Crippen LogP contribution in [0.5, 0.6) is 17.5 Å². The number of hydrogen-bond donors (Lipinski definition) is 4. The van der Waals surface area contributed by atoms with E-state index in [1.54, 1.807) is 47.6 Å². The number of ether oxygens (including phenoxy) is 5. The molecule has 0 aliphatic carbocycles. The molecule has 5 rings (SSSR count). The largest absolute Gasteiger partial charge is 0.494 e. The smallest absolute Gasteiger partial charge is 0.422 e. The number of rotatable bonds is 8. The third kappa shape index (κ3) is 15.7. The molecule has 2 amide bonds. The van der Waals surface area contributed by atoms with Crippen LogP contribution in [0.4, 0.5) is 35.5 Å². The molecule has 3 heterocycles. The number of amides is 2. The van der Waals surface area contributed by atoms with E-state index < -0.39 is 54.0 Å². The Bertz CT molecular complexity index is 1780. The van der Waals surface area contributed by atoms with Gasteiger partial charge in [-0.25, -0.2) is 9.59 Å². The zero-order valence-electron chi connectivity index (χ0n) is 32.4. The number of nitrogens with one attached hydrogen (secondary N) is 4. The highest BCUT2D eigenvalue weighted by molar-refractivity contribution is 5.97. The van der Waals surface area contributed by atoms with E-state index in [4.69, 9.17) is 23.7 Å². The number of aromatic nitrogens is 3. The zero-order valence-corrected chi connectivity index (χ0v) is 32.4. The van der Waals surface area contributed by atoms with Crippen LogP contribution in [-0.4, -0.2) is 82.7 Å². The van der Waals surface area contributed by atoms with Gasteiger partial charge in [-0.2, -0.15) is 28.1 Å². The maximum atomic E-state index is 13.5. The van der Waals surface area contributed by atoms with Crippen LogP contribution in [0.25, 0.3) is 0 Å². The predicted octanol–water partition coefficient (Wildman–Crippen LogP) is 6.85. The summed E-state index contributed by atoms with van der Waals surface area (Å²) in [6.07, 6.45) is -2.26. The maximum Gasteiger partial charge on any atom is 0.422 e. The van der Waals surface area contributed by atoms with Crippen LogP contribution in [0.3, 0.4) is 0 Å². The number of alkyl halides is 3. The Labute approximate surface area is 323 Å². The van der Waals surface area contributed by atoms with E-state index in [1.807, 2.05) is 24.3 Å². The van der Waals surface area contributed by atoms with Gasteiger partial charge >= 0.3 is 24.2 Å². The van der Waals surface area contributed by atoms with Crippen molar-refractivity contribution in [3.63, 3.8) is 0 Å². The van der Waals surface area contributed by atoms with Crippen molar-refractivity contribution in [3.05, 3.63) is 53.6 Å². The fourth-order valence-corrected chi connectivity index (χ4v) is 5.05. The Balaban J connectivity index is 1.55. The Hall–Kier alpha value is -5.55. The highest BCUT2D eigenvalue weighted by atomic mass is 19.4. The lowest BCUT2D eigenvalue weighted by molar-refractivity contribution is -0.157. The molecular weight excluding hydrogens is 739 g/mol. The average Bonchev–Trinajstić information content (AvgIpc) is 3.09. The van der Waals surface area contributed by atoms with Gasteiger partial charge < -0.3 is 45.0 Å². The van der Waals surface area contributed by atoms with Gasteiger partial charge in [0, 0.05) is 24.8 Å². The maximum absolute atomic E-state index is 13.5. The number of carbonyl (C=O) groups is 3. The fraction of sp³-hybridized carbons (Fsp3) is 0.526. The van der Waals surface area contributed by atoms with Crippen LogP contribution in [-0.2, 0) is 20.8 Å². The van der Waals surface area contributed by atoms with E-state index in [1.165, 1.54) is 12.1 Å². The SMILES string of the molecule is CC(C)(C)OC(=O)N[C@@H](CCNC(=O)c1ccc2cc1OCCCCCCOc1ccc(cc1)CNc1nc(nc(OCC(F)(F)F)n1)N2)C(=O)OC(C)(C)C. The van der Waals surface area contributed by atoms with E-state index in [0.717, 1.165) is 24.8 Å². The standard InChI is InChI=1S/C38H50F3N7O8/c1-36(2,3)55-31(50)28(45-35(51)56-37(4,5)6)17-18-42-30(49)27-16-13-25-21-29(27)53-20-10-8-7-9-19-52-26-14-11-24(12-15-26)22-43-32-46-33(44-25)48-34(47-32)54-23-38(39,40)41/h11-16,21,28H,7-10,17-20,22-23H2,1-6H3,(H,42,49)(H,45,51)(H2,43,44,46,47,48)/t28-/m0/s1. The van der Waals surface area contributed by atoms with E-state index >= 15 is 0 Å². The van der Waals surface area contributed by atoms with Crippen molar-refractivity contribution < 1.29 is 51.2 Å². The molecular formula is C38H50F3N7O8. The minimum absolute atomic E-state index is 0.0153. The van der Waals surface area contributed by atoms with E-state index in [9.17, 15) is 27.6 Å². The molecule has 2 aliphatic rings. The molecule has 1 aromatic heterocycles. The number of nitrogens with zero attached hydrogens (tertiary/aromatic N) is 3. The molecule has 0 fully saturated rings. The third-order valence-corrected chi connectivity index (χ3v) is 7.50. The second kappa shape index (κ2) is 19.4. The molecule has 0 spiro atoms. The van der Waals surface area contributed by atoms with Crippen molar-refractivity contribution in [2.45, 2.75) is 104 Å². The number of hydrogen-bond acceptors (Lipinski definition) is 13. The Morgan fingerprint density at radius 3 is 2.16 bits per heavy atom. The molecule has 18 heteroatoms. The molecule has 15 nitrogen and oxygen atoms in total. The molecule has 0 saturated carbocycles. The lowest BCUT2D eigenvalue weighted by atomic mass is 10.1. The van der Waals surface area contributed by atoms with Gasteiger partial charge in [0.05, 0.1) is 18.8 Å². The van der Waals surface area contributed by atoms with Crippen molar-refractivity contribution in [2.75, 3.05) is 37.0 Å². The highest BCUT2D eigenvalue weighted by Gasteiger charge is 2.30. The molecule has 1 atom stereocenters. The summed E-state index contributed by atoms with van der Waals surface area (Å²) in [7, 11) is 0. The van der Waals surface area contributed by atoms with Crippen LogP contribution in [0, 0.1) is 0 Å². The Morgan fingerprint density at radius 1 is 0.839 bits per heavy atom. The van der Waals surface area contributed by atoms with E-state index in [2.05, 4.69) is 36.2 Å². The number of benzene rings is 2. The summed E-state index contributed by atoms with van der Waals surface area (Å²) in [4.78, 5) is 51.4. The van der Waals surface area contributed by atoms with Crippen molar-refractivity contribution in [2.24, 2.45) is 0 Å². The fourth-order valence-electron chi connectivity index (χ4n) is 5.05. The number of alkyl carbamates (subject to hydrolysis) is 1. The summed E-state index contributed by atoms with van der Waals surface area (Å²) in [5.74, 6) is -0.525.